The Balaban J connectivity index is 2.07. The molecule has 0 N–H and O–H groups in total. The standard InChI is InChI=1S/C19H27N4O2/c1-19(2,3)16-20-17(22-18(21-16)24-4)23(10-12-25-13-11-23)14-15-8-6-5-7-9-15/h5-9H,10-14H2,1-4H3/q+1. The molecule has 3 rings (SSSR count). The van der Waals surface area contributed by atoms with Crippen LogP contribution >= 0.6 is 0 Å². The number of hydrogen-bond donors (Lipinski definition) is 0. The van der Waals surface area contributed by atoms with Gasteiger partial charge in [0.05, 0.1) is 20.3 Å². The maximum absolute atomic E-state index is 5.62. The third-order valence-electron chi connectivity index (χ3n) is 4.54. The minimum atomic E-state index is -0.173. The van der Waals surface area contributed by atoms with Crippen molar-refractivity contribution in [2.24, 2.45) is 0 Å². The molecule has 6 nitrogen and oxygen atoms in total. The van der Waals surface area contributed by atoms with Crippen molar-refractivity contribution in [2.45, 2.75) is 32.7 Å². The van der Waals surface area contributed by atoms with Crippen molar-refractivity contribution in [2.75, 3.05) is 33.4 Å². The monoisotopic (exact) mass is 343 g/mol. The first-order chi connectivity index (χ1) is 11.9. The fraction of sp³-hybridized carbons (Fsp3) is 0.526. The van der Waals surface area contributed by atoms with Gasteiger partial charge in [-0.15, -0.1) is 4.98 Å². The molecule has 1 saturated heterocycles. The lowest BCUT2D eigenvalue weighted by Gasteiger charge is -2.38. The summed E-state index contributed by atoms with van der Waals surface area (Å²) in [5.74, 6) is 1.52. The highest BCUT2D eigenvalue weighted by atomic mass is 16.5. The molecule has 1 fully saturated rings. The summed E-state index contributed by atoms with van der Waals surface area (Å²) >= 11 is 0. The molecule has 0 bridgehead atoms. The van der Waals surface area contributed by atoms with Crippen molar-refractivity contribution >= 4 is 5.95 Å². The average molecular weight is 343 g/mol. The van der Waals surface area contributed by atoms with E-state index in [1.54, 1.807) is 7.11 Å². The maximum Gasteiger partial charge on any atom is 0.335 e. The van der Waals surface area contributed by atoms with Crippen LogP contribution in [0, 0.1) is 0 Å². The van der Waals surface area contributed by atoms with Gasteiger partial charge in [-0.1, -0.05) is 51.1 Å². The molecule has 134 valence electrons. The quantitative estimate of drug-likeness (QED) is 0.799. The second kappa shape index (κ2) is 7.06. The van der Waals surface area contributed by atoms with E-state index in [0.717, 1.165) is 31.4 Å². The second-order valence-electron chi connectivity index (χ2n) is 7.54. The summed E-state index contributed by atoms with van der Waals surface area (Å²) in [4.78, 5) is 14.0. The Bertz CT molecular complexity index is 707. The van der Waals surface area contributed by atoms with Gasteiger partial charge in [0, 0.05) is 11.0 Å². The van der Waals surface area contributed by atoms with E-state index in [0.29, 0.717) is 23.7 Å². The number of benzene rings is 1. The predicted molar refractivity (Wildman–Crippen MR) is 97.6 cm³/mol. The number of methoxy groups -OCH3 is 1. The Morgan fingerprint density at radius 2 is 1.72 bits per heavy atom. The summed E-state index contributed by atoms with van der Waals surface area (Å²) in [7, 11) is 1.60. The number of nitrogens with zero attached hydrogens (tertiary/aromatic N) is 4. The summed E-state index contributed by atoms with van der Waals surface area (Å²) in [5, 5.41) is 0. The zero-order valence-electron chi connectivity index (χ0n) is 15.5. The van der Waals surface area contributed by atoms with Crippen molar-refractivity contribution in [1.29, 1.82) is 0 Å². The molecule has 0 saturated carbocycles. The number of ether oxygens (including phenoxy) is 2. The first-order valence-corrected chi connectivity index (χ1v) is 8.72. The van der Waals surface area contributed by atoms with E-state index >= 15 is 0 Å². The van der Waals surface area contributed by atoms with Crippen LogP contribution in [0.5, 0.6) is 6.01 Å². The van der Waals surface area contributed by atoms with E-state index < -0.39 is 0 Å². The number of rotatable bonds is 4. The van der Waals surface area contributed by atoms with Crippen molar-refractivity contribution in [3.05, 3.63) is 41.7 Å². The molecule has 6 heteroatoms. The fourth-order valence-electron chi connectivity index (χ4n) is 3.04. The first-order valence-electron chi connectivity index (χ1n) is 8.72. The van der Waals surface area contributed by atoms with Crippen molar-refractivity contribution < 1.29 is 9.47 Å². The molecule has 2 aromatic rings. The topological polar surface area (TPSA) is 57.1 Å². The highest BCUT2D eigenvalue weighted by Gasteiger charge is 2.38. The summed E-state index contributed by atoms with van der Waals surface area (Å²) in [5.41, 5.74) is 1.09. The van der Waals surface area contributed by atoms with E-state index in [9.17, 15) is 0 Å². The molecule has 1 aromatic heterocycles. The van der Waals surface area contributed by atoms with Gasteiger partial charge in [0.25, 0.3) is 0 Å². The van der Waals surface area contributed by atoms with Crippen LogP contribution < -0.4 is 9.22 Å². The van der Waals surface area contributed by atoms with Crippen LogP contribution in [0.4, 0.5) is 5.95 Å². The van der Waals surface area contributed by atoms with Crippen LogP contribution in [0.25, 0.3) is 0 Å². The average Bonchev–Trinajstić information content (AvgIpc) is 2.62. The molecule has 0 spiro atoms. The van der Waals surface area contributed by atoms with Gasteiger partial charge >= 0.3 is 12.0 Å². The van der Waals surface area contributed by atoms with E-state index in [4.69, 9.17) is 14.5 Å². The summed E-state index contributed by atoms with van der Waals surface area (Å²) in [6.07, 6.45) is 0. The molecule has 0 amide bonds. The Morgan fingerprint density at radius 1 is 1.04 bits per heavy atom. The maximum atomic E-state index is 5.62. The molecule has 0 unspecified atom stereocenters. The van der Waals surface area contributed by atoms with Crippen molar-refractivity contribution in [1.82, 2.24) is 19.4 Å². The van der Waals surface area contributed by atoms with E-state index in [1.165, 1.54) is 5.56 Å². The van der Waals surface area contributed by atoms with E-state index in [-0.39, 0.29) is 5.41 Å². The van der Waals surface area contributed by atoms with E-state index in [2.05, 4.69) is 55.0 Å². The molecule has 0 atom stereocenters. The molecular weight excluding hydrogens is 316 g/mol. The molecule has 25 heavy (non-hydrogen) atoms. The molecule has 1 aromatic carbocycles. The van der Waals surface area contributed by atoms with Crippen LogP contribution in [0.15, 0.2) is 30.3 Å². The Kier molecular flexibility index (Phi) is 5.01. The summed E-state index contributed by atoms with van der Waals surface area (Å²) in [6, 6.07) is 10.9. The third kappa shape index (κ3) is 3.96. The molecule has 1 aliphatic heterocycles. The third-order valence-corrected chi connectivity index (χ3v) is 4.54. The van der Waals surface area contributed by atoms with Crippen LogP contribution in [0.1, 0.15) is 32.2 Å². The number of aromatic nitrogens is 3. The molecule has 0 radical (unpaired) electrons. The normalized spacial score (nSPS) is 17.3. The van der Waals surface area contributed by atoms with Crippen LogP contribution in [0.2, 0.25) is 0 Å². The van der Waals surface area contributed by atoms with E-state index in [1.807, 2.05) is 6.07 Å². The SMILES string of the molecule is COc1nc(C(C)(C)C)nc([N+]2(Cc3ccccc3)CCOCC2)n1. The largest absolute Gasteiger partial charge is 0.467 e. The van der Waals surface area contributed by atoms with Gasteiger partial charge < -0.3 is 9.47 Å². The van der Waals surface area contributed by atoms with Gasteiger partial charge in [0.1, 0.15) is 25.5 Å². The Hall–Kier alpha value is -2.05. The zero-order chi connectivity index (χ0) is 17.9. The Labute approximate surface area is 149 Å². The highest BCUT2D eigenvalue weighted by Crippen LogP contribution is 2.29. The highest BCUT2D eigenvalue weighted by molar-refractivity contribution is 5.31. The zero-order valence-corrected chi connectivity index (χ0v) is 15.5. The van der Waals surface area contributed by atoms with Gasteiger partial charge in [-0.2, -0.15) is 9.97 Å². The molecule has 1 aliphatic rings. The van der Waals surface area contributed by atoms with Gasteiger partial charge in [-0.3, -0.25) is 0 Å². The second-order valence-corrected chi connectivity index (χ2v) is 7.54. The van der Waals surface area contributed by atoms with Crippen LogP contribution in [-0.4, -0.2) is 48.4 Å². The van der Waals surface area contributed by atoms with Gasteiger partial charge in [0.2, 0.25) is 0 Å². The van der Waals surface area contributed by atoms with Crippen LogP contribution in [0.3, 0.4) is 0 Å². The lowest BCUT2D eigenvalue weighted by Crippen LogP contribution is -2.56. The Morgan fingerprint density at radius 3 is 2.32 bits per heavy atom. The van der Waals surface area contributed by atoms with Gasteiger partial charge in [0.15, 0.2) is 0 Å². The van der Waals surface area contributed by atoms with Gasteiger partial charge in [-0.25, -0.2) is 4.48 Å². The molecular formula is C19H27N4O2+. The molecule has 0 aliphatic carbocycles. The number of quaternary nitrogens is 1. The lowest BCUT2D eigenvalue weighted by molar-refractivity contribution is 0.0331. The van der Waals surface area contributed by atoms with Crippen LogP contribution in [-0.2, 0) is 16.7 Å². The number of morpholine rings is 1. The predicted octanol–water partition coefficient (Wildman–Crippen LogP) is 2.72. The lowest BCUT2D eigenvalue weighted by atomic mass is 9.96. The van der Waals surface area contributed by atoms with Crippen molar-refractivity contribution in [3.63, 3.8) is 0 Å². The van der Waals surface area contributed by atoms with Crippen molar-refractivity contribution in [3.8, 4) is 6.01 Å². The number of hydrogen-bond acceptors (Lipinski definition) is 5. The summed E-state index contributed by atoms with van der Waals surface area (Å²) < 4.78 is 11.7. The fourth-order valence-corrected chi connectivity index (χ4v) is 3.04. The minimum absolute atomic E-state index is 0.173. The smallest absolute Gasteiger partial charge is 0.335 e. The molecule has 2 heterocycles. The minimum Gasteiger partial charge on any atom is -0.467 e. The first kappa shape index (κ1) is 17.8. The summed E-state index contributed by atoms with van der Waals surface area (Å²) in [6.45, 7) is 10.2. The van der Waals surface area contributed by atoms with Gasteiger partial charge in [-0.05, 0) is 0 Å².